The van der Waals surface area contributed by atoms with Crippen molar-refractivity contribution in [3.8, 4) is 0 Å². The Morgan fingerprint density at radius 1 is 1.36 bits per heavy atom. The van der Waals surface area contributed by atoms with Crippen LogP contribution < -0.4 is 11.1 Å². The molecule has 0 aliphatic carbocycles. The summed E-state index contributed by atoms with van der Waals surface area (Å²) >= 11 is 5.99. The minimum atomic E-state index is -1.48. The van der Waals surface area contributed by atoms with Gasteiger partial charge in [-0.15, -0.1) is 0 Å². The summed E-state index contributed by atoms with van der Waals surface area (Å²) in [4.78, 5) is 7.67. The Morgan fingerprint density at radius 2 is 2.12 bits per heavy atom. The number of aromatic nitrogens is 3. The number of hydrogen-bond donors (Lipinski definition) is 3. The monoisotopic (exact) mass is 363 g/mol. The fraction of sp³-hybridized carbons (Fsp3) is 0.188. The molecule has 4 N–H and O–H groups in total. The average Bonchev–Trinajstić information content (AvgIpc) is 3.00. The van der Waals surface area contributed by atoms with Crippen LogP contribution in [0.3, 0.4) is 0 Å². The maximum atomic E-state index is 14.2. The smallest absolute Gasteiger partial charge is 0.222 e. The fourth-order valence-corrected chi connectivity index (χ4v) is 2.40. The number of nitrogen functional groups attached to an aromatic ring is 1. The summed E-state index contributed by atoms with van der Waals surface area (Å²) in [6.07, 6.45) is 1.31. The van der Waals surface area contributed by atoms with Gasteiger partial charge >= 0.3 is 0 Å². The number of nitrogens with zero attached hydrogens (tertiary/aromatic N) is 3. The van der Waals surface area contributed by atoms with Gasteiger partial charge in [-0.2, -0.15) is 4.98 Å². The van der Waals surface area contributed by atoms with Crippen LogP contribution >= 0.6 is 11.6 Å². The molecule has 0 amide bonds. The maximum Gasteiger partial charge on any atom is 0.222 e. The van der Waals surface area contributed by atoms with Gasteiger partial charge in [-0.3, -0.25) is 0 Å². The highest BCUT2D eigenvalue weighted by molar-refractivity contribution is 6.32. The average molecular weight is 364 g/mol. The van der Waals surface area contributed by atoms with E-state index in [1.165, 1.54) is 31.3 Å². The molecule has 1 atom stereocenters. The molecule has 0 unspecified atom stereocenters. The van der Waals surface area contributed by atoms with Crippen molar-refractivity contribution in [3.05, 3.63) is 58.3 Å². The molecule has 130 valence electrons. The molecule has 0 bridgehead atoms. The molecule has 0 aliphatic rings. The van der Waals surface area contributed by atoms with Crippen molar-refractivity contribution in [2.75, 3.05) is 11.1 Å². The van der Waals surface area contributed by atoms with Gasteiger partial charge in [0.15, 0.2) is 5.82 Å². The zero-order valence-corrected chi connectivity index (χ0v) is 14.2. The van der Waals surface area contributed by atoms with E-state index in [9.17, 15) is 9.50 Å². The van der Waals surface area contributed by atoms with E-state index in [4.69, 9.17) is 21.9 Å². The fourth-order valence-electron chi connectivity index (χ4n) is 2.26. The van der Waals surface area contributed by atoms with Crippen LogP contribution in [0.25, 0.3) is 0 Å². The largest absolute Gasteiger partial charge is 0.379 e. The zero-order chi connectivity index (χ0) is 18.2. The molecular weight excluding hydrogens is 349 g/mol. The minimum absolute atomic E-state index is 0.00599. The second kappa shape index (κ2) is 6.30. The molecule has 3 rings (SSSR count). The van der Waals surface area contributed by atoms with Crippen molar-refractivity contribution in [2.45, 2.75) is 19.4 Å². The lowest BCUT2D eigenvalue weighted by Crippen LogP contribution is -2.23. The van der Waals surface area contributed by atoms with Crippen LogP contribution in [0.15, 0.2) is 35.0 Å². The third kappa shape index (κ3) is 3.40. The van der Waals surface area contributed by atoms with Crippen LogP contribution in [0.4, 0.5) is 21.8 Å². The Morgan fingerprint density at radius 3 is 2.80 bits per heavy atom. The number of nitrogens with two attached hydrogens (primary N) is 1. The maximum absolute atomic E-state index is 14.2. The Balaban J connectivity index is 1.99. The van der Waals surface area contributed by atoms with Gasteiger partial charge in [-0.1, -0.05) is 22.8 Å². The summed E-state index contributed by atoms with van der Waals surface area (Å²) in [6.45, 7) is 3.25. The third-order valence-corrected chi connectivity index (χ3v) is 3.95. The first kappa shape index (κ1) is 17.1. The van der Waals surface area contributed by atoms with E-state index in [0.717, 1.165) is 0 Å². The molecule has 3 aromatic rings. The summed E-state index contributed by atoms with van der Waals surface area (Å²) in [5, 5.41) is 17.6. The van der Waals surface area contributed by atoms with E-state index in [0.29, 0.717) is 17.0 Å². The number of rotatable bonds is 4. The van der Waals surface area contributed by atoms with E-state index in [2.05, 4.69) is 20.4 Å². The normalized spacial score (nSPS) is 13.5. The van der Waals surface area contributed by atoms with Crippen LogP contribution in [0.5, 0.6) is 0 Å². The summed E-state index contributed by atoms with van der Waals surface area (Å²) in [6, 6.07) is 5.73. The third-order valence-electron chi connectivity index (χ3n) is 3.67. The number of aryl methyl sites for hydroxylation is 1. The van der Waals surface area contributed by atoms with Crippen LogP contribution in [0, 0.1) is 12.7 Å². The van der Waals surface area contributed by atoms with Gasteiger partial charge in [-0.25, -0.2) is 9.37 Å². The van der Waals surface area contributed by atoms with E-state index < -0.39 is 11.4 Å². The van der Waals surface area contributed by atoms with Gasteiger partial charge in [0, 0.05) is 6.07 Å². The second-order valence-electron chi connectivity index (χ2n) is 5.64. The first-order valence-corrected chi connectivity index (χ1v) is 7.66. The predicted octanol–water partition coefficient (Wildman–Crippen LogP) is 3.15. The molecule has 0 fully saturated rings. The molecule has 0 radical (unpaired) electrons. The Kier molecular flexibility index (Phi) is 4.32. The molecule has 0 saturated heterocycles. The topological polar surface area (TPSA) is 110 Å². The lowest BCUT2D eigenvalue weighted by Gasteiger charge is -2.22. The minimum Gasteiger partial charge on any atom is -0.379 e. The molecule has 0 spiro atoms. The number of aliphatic hydroxyl groups is 1. The number of nitrogens with one attached hydrogen (secondary N) is 1. The highest BCUT2D eigenvalue weighted by Crippen LogP contribution is 2.33. The van der Waals surface area contributed by atoms with Gasteiger partial charge in [0.25, 0.3) is 0 Å². The van der Waals surface area contributed by atoms with Crippen molar-refractivity contribution in [2.24, 2.45) is 0 Å². The summed E-state index contributed by atoms with van der Waals surface area (Å²) in [7, 11) is 0. The Bertz CT molecular complexity index is 929. The SMILES string of the molecule is Cc1cc([C@@](C)(O)c2ccc(F)c(Nc3nc(N)ncc3Cl)c2)no1. The molecule has 0 aliphatic heterocycles. The molecular formula is C16H15ClFN5O2. The Labute approximate surface area is 147 Å². The van der Waals surface area contributed by atoms with E-state index in [1.807, 2.05) is 0 Å². The number of anilines is 3. The van der Waals surface area contributed by atoms with E-state index in [1.54, 1.807) is 13.0 Å². The highest BCUT2D eigenvalue weighted by Gasteiger charge is 2.30. The summed E-state index contributed by atoms with van der Waals surface area (Å²) < 4.78 is 19.2. The predicted molar refractivity (Wildman–Crippen MR) is 91.0 cm³/mol. The molecule has 2 aromatic heterocycles. The first-order chi connectivity index (χ1) is 11.8. The van der Waals surface area contributed by atoms with Gasteiger partial charge in [0.2, 0.25) is 5.95 Å². The van der Waals surface area contributed by atoms with Crippen LogP contribution in [0.1, 0.15) is 23.9 Å². The molecule has 2 heterocycles. The van der Waals surface area contributed by atoms with Crippen LogP contribution in [-0.2, 0) is 5.60 Å². The highest BCUT2D eigenvalue weighted by atomic mass is 35.5. The lowest BCUT2D eigenvalue weighted by atomic mass is 9.92. The first-order valence-electron chi connectivity index (χ1n) is 7.28. The Hall–Kier alpha value is -2.71. The van der Waals surface area contributed by atoms with Crippen molar-refractivity contribution in [3.63, 3.8) is 0 Å². The lowest BCUT2D eigenvalue weighted by molar-refractivity contribution is 0.0931. The summed E-state index contributed by atoms with van der Waals surface area (Å²) in [5.41, 5.74) is 4.83. The molecule has 9 heteroatoms. The van der Waals surface area contributed by atoms with Crippen molar-refractivity contribution in [1.29, 1.82) is 0 Å². The molecule has 25 heavy (non-hydrogen) atoms. The van der Waals surface area contributed by atoms with Gasteiger partial charge in [0.05, 0.1) is 11.9 Å². The second-order valence-corrected chi connectivity index (χ2v) is 6.05. The number of hydrogen-bond acceptors (Lipinski definition) is 7. The van der Waals surface area contributed by atoms with Crippen molar-refractivity contribution in [1.82, 2.24) is 15.1 Å². The summed E-state index contributed by atoms with van der Waals surface area (Å²) in [5.74, 6) is 0.152. The molecule has 7 nitrogen and oxygen atoms in total. The van der Waals surface area contributed by atoms with Gasteiger partial charge < -0.3 is 20.7 Å². The van der Waals surface area contributed by atoms with Gasteiger partial charge in [0.1, 0.15) is 27.9 Å². The van der Waals surface area contributed by atoms with Crippen molar-refractivity contribution < 1.29 is 14.0 Å². The van der Waals surface area contributed by atoms with E-state index >= 15 is 0 Å². The van der Waals surface area contributed by atoms with Crippen LogP contribution in [-0.4, -0.2) is 20.2 Å². The number of benzene rings is 1. The standard InChI is InChI=1S/C16H15ClFN5O2/c1-8-5-13(23-25-8)16(2,24)9-3-4-11(18)12(6-9)21-14-10(17)7-20-15(19)22-14/h3-7,24H,1-2H3,(H3,19,20,21,22)/t16-/m0/s1. The van der Waals surface area contributed by atoms with E-state index in [-0.39, 0.29) is 22.5 Å². The molecule has 1 aromatic carbocycles. The number of halogens is 2. The molecule has 0 saturated carbocycles. The van der Waals surface area contributed by atoms with Crippen molar-refractivity contribution >= 4 is 29.1 Å². The quantitative estimate of drug-likeness (QED) is 0.653. The zero-order valence-electron chi connectivity index (χ0n) is 13.4. The van der Waals surface area contributed by atoms with Crippen LogP contribution in [0.2, 0.25) is 5.02 Å². The van der Waals surface area contributed by atoms with Gasteiger partial charge in [-0.05, 0) is 31.5 Å².